The van der Waals surface area contributed by atoms with Crippen molar-refractivity contribution in [1.82, 2.24) is 5.01 Å². The largest absolute Gasteiger partial charge is 0.268 e. The van der Waals surface area contributed by atoms with Crippen LogP contribution in [0.1, 0.15) is 20.8 Å². The molecule has 0 aliphatic rings. The van der Waals surface area contributed by atoms with E-state index in [1.807, 2.05) is 20.8 Å². The second-order valence-electron chi connectivity index (χ2n) is 3.53. The topological polar surface area (TPSA) is 32.7 Å². The van der Waals surface area contributed by atoms with Crippen molar-refractivity contribution in [2.45, 2.75) is 26.3 Å². The van der Waals surface area contributed by atoms with E-state index in [1.54, 1.807) is 0 Å². The van der Waals surface area contributed by atoms with E-state index in [2.05, 4.69) is 18.3 Å². The predicted octanol–water partition coefficient (Wildman–Crippen LogP) is 1.97. The van der Waals surface area contributed by atoms with Gasteiger partial charge in [0.25, 0.3) is 5.91 Å². The summed E-state index contributed by atoms with van der Waals surface area (Å²) in [6, 6.07) is 0. The quantitative estimate of drug-likeness (QED) is 0.371. The fourth-order valence-electron chi connectivity index (χ4n) is 0.761. The molecule has 0 saturated carbocycles. The van der Waals surface area contributed by atoms with Gasteiger partial charge in [-0.2, -0.15) is 5.10 Å². The molecular formula is C10H16N2O. The van der Waals surface area contributed by atoms with Crippen molar-refractivity contribution in [1.29, 1.82) is 0 Å². The minimum Gasteiger partial charge on any atom is -0.268 e. The molecule has 13 heavy (non-hydrogen) atoms. The second kappa shape index (κ2) is 4.60. The van der Waals surface area contributed by atoms with Gasteiger partial charge < -0.3 is 0 Å². The molecule has 0 saturated heterocycles. The van der Waals surface area contributed by atoms with Gasteiger partial charge in [-0.15, -0.1) is 0 Å². The highest BCUT2D eigenvalue weighted by Crippen LogP contribution is 2.13. The zero-order chi connectivity index (χ0) is 10.5. The van der Waals surface area contributed by atoms with Gasteiger partial charge in [-0.25, -0.2) is 5.01 Å². The number of amides is 1. The lowest BCUT2D eigenvalue weighted by atomic mass is 10.1. The Bertz CT molecular complexity index is 236. The molecule has 0 bridgehead atoms. The Morgan fingerprint density at radius 1 is 1.38 bits per heavy atom. The molecule has 0 spiro atoms. The SMILES string of the molecule is C=C/C=N\N(C(=O)C=C)C(C)(C)C. The number of hydrogen-bond acceptors (Lipinski definition) is 2. The summed E-state index contributed by atoms with van der Waals surface area (Å²) >= 11 is 0. The van der Waals surface area contributed by atoms with Crippen molar-refractivity contribution >= 4 is 12.1 Å². The highest BCUT2D eigenvalue weighted by Gasteiger charge is 2.23. The van der Waals surface area contributed by atoms with Crippen molar-refractivity contribution in [3.8, 4) is 0 Å². The Morgan fingerprint density at radius 3 is 2.23 bits per heavy atom. The zero-order valence-electron chi connectivity index (χ0n) is 8.45. The molecule has 0 radical (unpaired) electrons. The number of hydrazone groups is 1. The first-order chi connectivity index (χ1) is 5.93. The van der Waals surface area contributed by atoms with Crippen molar-refractivity contribution in [2.75, 3.05) is 0 Å². The van der Waals surface area contributed by atoms with Crippen molar-refractivity contribution in [3.63, 3.8) is 0 Å². The molecule has 72 valence electrons. The third-order valence-corrected chi connectivity index (χ3v) is 1.31. The Kier molecular flexibility index (Phi) is 4.11. The van der Waals surface area contributed by atoms with Crippen LogP contribution in [0.25, 0.3) is 0 Å². The highest BCUT2D eigenvalue weighted by atomic mass is 16.2. The summed E-state index contributed by atoms with van der Waals surface area (Å²) in [5.74, 6) is -0.217. The van der Waals surface area contributed by atoms with Crippen LogP contribution in [-0.2, 0) is 4.79 Å². The van der Waals surface area contributed by atoms with Crippen LogP contribution in [0.4, 0.5) is 0 Å². The lowest BCUT2D eigenvalue weighted by Gasteiger charge is -2.29. The fourth-order valence-corrected chi connectivity index (χ4v) is 0.761. The predicted molar refractivity (Wildman–Crippen MR) is 55.5 cm³/mol. The number of carbonyl (C=O) groups excluding carboxylic acids is 1. The molecule has 0 aromatic heterocycles. The van der Waals surface area contributed by atoms with Crippen molar-refractivity contribution in [2.24, 2.45) is 5.10 Å². The number of rotatable bonds is 3. The van der Waals surface area contributed by atoms with Gasteiger partial charge in [0.15, 0.2) is 0 Å². The van der Waals surface area contributed by atoms with Gasteiger partial charge in [-0.05, 0) is 32.9 Å². The lowest BCUT2D eigenvalue weighted by Crippen LogP contribution is -2.40. The van der Waals surface area contributed by atoms with E-state index in [1.165, 1.54) is 23.4 Å². The Labute approximate surface area is 79.4 Å². The van der Waals surface area contributed by atoms with Crippen LogP contribution < -0.4 is 0 Å². The molecule has 0 aliphatic carbocycles. The zero-order valence-corrected chi connectivity index (χ0v) is 8.45. The molecule has 3 heteroatoms. The second-order valence-corrected chi connectivity index (χ2v) is 3.53. The summed E-state index contributed by atoms with van der Waals surface area (Å²) in [7, 11) is 0. The van der Waals surface area contributed by atoms with Crippen LogP contribution in [-0.4, -0.2) is 22.7 Å². The number of nitrogens with zero attached hydrogens (tertiary/aromatic N) is 2. The summed E-state index contributed by atoms with van der Waals surface area (Å²) in [5.41, 5.74) is -0.342. The van der Waals surface area contributed by atoms with Gasteiger partial charge in [0.1, 0.15) is 0 Å². The molecule has 3 nitrogen and oxygen atoms in total. The van der Waals surface area contributed by atoms with Crippen LogP contribution in [0.2, 0.25) is 0 Å². The van der Waals surface area contributed by atoms with E-state index in [4.69, 9.17) is 0 Å². The molecule has 0 rings (SSSR count). The summed E-state index contributed by atoms with van der Waals surface area (Å²) < 4.78 is 0. The van der Waals surface area contributed by atoms with Crippen LogP contribution >= 0.6 is 0 Å². The average Bonchev–Trinajstić information content (AvgIpc) is 2.02. The van der Waals surface area contributed by atoms with Crippen molar-refractivity contribution < 1.29 is 4.79 Å². The van der Waals surface area contributed by atoms with E-state index >= 15 is 0 Å². The summed E-state index contributed by atoms with van der Waals surface area (Å²) in [4.78, 5) is 11.3. The molecule has 1 amide bonds. The fraction of sp³-hybridized carbons (Fsp3) is 0.400. The maximum atomic E-state index is 11.3. The summed E-state index contributed by atoms with van der Waals surface area (Å²) in [5, 5.41) is 5.32. The van der Waals surface area contributed by atoms with E-state index in [0.29, 0.717) is 0 Å². The van der Waals surface area contributed by atoms with E-state index < -0.39 is 0 Å². The van der Waals surface area contributed by atoms with E-state index in [9.17, 15) is 4.79 Å². The van der Waals surface area contributed by atoms with Crippen LogP contribution in [0.15, 0.2) is 30.4 Å². The number of hydrogen-bond donors (Lipinski definition) is 0. The minimum atomic E-state index is -0.342. The first kappa shape index (κ1) is 11.6. The maximum Gasteiger partial charge on any atom is 0.266 e. The van der Waals surface area contributed by atoms with Crippen molar-refractivity contribution in [3.05, 3.63) is 25.3 Å². The van der Waals surface area contributed by atoms with E-state index in [-0.39, 0.29) is 11.4 Å². The van der Waals surface area contributed by atoms with E-state index in [0.717, 1.165) is 0 Å². The Morgan fingerprint density at radius 2 is 1.92 bits per heavy atom. The third kappa shape index (κ3) is 3.69. The van der Waals surface area contributed by atoms with Gasteiger partial charge in [0.2, 0.25) is 0 Å². The van der Waals surface area contributed by atoms with Gasteiger partial charge in [0.05, 0.1) is 5.54 Å². The third-order valence-electron chi connectivity index (χ3n) is 1.31. The summed E-state index contributed by atoms with van der Waals surface area (Å²) in [6.45, 7) is 12.6. The van der Waals surface area contributed by atoms with Gasteiger partial charge in [-0.3, -0.25) is 4.79 Å². The van der Waals surface area contributed by atoms with Crippen LogP contribution in [0, 0.1) is 0 Å². The minimum absolute atomic E-state index is 0.217. The molecule has 0 fully saturated rings. The standard InChI is InChI=1S/C10H16N2O/c1-6-8-11-12(9(13)7-2)10(3,4)5/h6-8H,1-2H2,3-5H3/b11-8-. The molecule has 0 aromatic rings. The van der Waals surface area contributed by atoms with Crippen LogP contribution in [0.3, 0.4) is 0 Å². The van der Waals surface area contributed by atoms with Gasteiger partial charge in [-0.1, -0.05) is 13.2 Å². The van der Waals surface area contributed by atoms with Gasteiger partial charge >= 0.3 is 0 Å². The Hall–Kier alpha value is -1.38. The molecule has 0 heterocycles. The Balaban J connectivity index is 4.75. The molecule has 0 N–H and O–H groups in total. The maximum absolute atomic E-state index is 11.3. The molecular weight excluding hydrogens is 164 g/mol. The smallest absolute Gasteiger partial charge is 0.266 e. The number of carbonyl (C=O) groups is 1. The lowest BCUT2D eigenvalue weighted by molar-refractivity contribution is -0.130. The van der Waals surface area contributed by atoms with Gasteiger partial charge in [0, 0.05) is 6.21 Å². The average molecular weight is 180 g/mol. The number of allylic oxidation sites excluding steroid dienone is 1. The molecule has 0 unspecified atom stereocenters. The molecule has 0 aliphatic heterocycles. The molecule has 0 atom stereocenters. The first-order valence-electron chi connectivity index (χ1n) is 4.05. The highest BCUT2D eigenvalue weighted by molar-refractivity contribution is 5.88. The normalized spacial score (nSPS) is 11.3. The molecule has 0 aromatic carbocycles. The monoisotopic (exact) mass is 180 g/mol. The summed E-state index contributed by atoms with van der Waals surface area (Å²) in [6.07, 6.45) is 4.24. The first-order valence-corrected chi connectivity index (χ1v) is 4.05. The van der Waals surface area contributed by atoms with Crippen LogP contribution in [0.5, 0.6) is 0 Å².